The predicted octanol–water partition coefficient (Wildman–Crippen LogP) is 4.94. The van der Waals surface area contributed by atoms with E-state index in [1.165, 1.54) is 15.3 Å². The van der Waals surface area contributed by atoms with Crippen LogP contribution in [0.4, 0.5) is 0 Å². The zero-order valence-electron chi connectivity index (χ0n) is 9.63. The van der Waals surface area contributed by atoms with Crippen molar-refractivity contribution in [3.05, 3.63) is 54.1 Å². The fraction of sp³-hybridized carbons (Fsp3) is 0.231. The maximum atomic E-state index is 6.29. The Bertz CT molecular complexity index is 529. The van der Waals surface area contributed by atoms with Crippen LogP contribution < -0.4 is 5.73 Å². The minimum Gasteiger partial charge on any atom is -0.320 e. The van der Waals surface area contributed by atoms with Crippen LogP contribution in [0.5, 0.6) is 0 Å². The fourth-order valence-electron chi connectivity index (χ4n) is 1.60. The molecule has 2 N–H and O–H groups in total. The Labute approximate surface area is 122 Å². The number of thiophene rings is 1. The molecule has 0 spiro atoms. The van der Waals surface area contributed by atoms with Crippen molar-refractivity contribution in [2.45, 2.75) is 19.9 Å². The summed E-state index contributed by atoms with van der Waals surface area (Å²) in [4.78, 5) is 2.45. The van der Waals surface area contributed by atoms with Crippen LogP contribution in [0.15, 0.2) is 33.2 Å². The molecule has 0 aliphatic heterocycles. The van der Waals surface area contributed by atoms with E-state index >= 15 is 0 Å². The summed E-state index contributed by atoms with van der Waals surface area (Å²) < 4.78 is 2.25. The normalized spacial score (nSPS) is 12.8. The van der Waals surface area contributed by atoms with E-state index in [-0.39, 0.29) is 6.04 Å². The zero-order valence-corrected chi connectivity index (χ0v) is 13.6. The van der Waals surface area contributed by atoms with Gasteiger partial charge in [-0.05, 0) is 53.0 Å². The molecule has 0 saturated carbocycles. The molecule has 1 nitrogen and oxygen atoms in total. The molecule has 17 heavy (non-hydrogen) atoms. The maximum Gasteiger partial charge on any atom is 0.0646 e. The van der Waals surface area contributed by atoms with E-state index in [9.17, 15) is 0 Å². The molecule has 90 valence electrons. The van der Waals surface area contributed by atoms with Gasteiger partial charge in [0.05, 0.1) is 6.04 Å². The van der Waals surface area contributed by atoms with E-state index in [0.717, 1.165) is 14.5 Å². The predicted molar refractivity (Wildman–Crippen MR) is 81.7 cm³/mol. The lowest BCUT2D eigenvalue weighted by Crippen LogP contribution is -2.10. The van der Waals surface area contributed by atoms with Crippen molar-refractivity contribution in [3.8, 4) is 0 Å². The molecular weight excluding hydrogens is 362 g/mol. The van der Waals surface area contributed by atoms with E-state index < -0.39 is 0 Å². The first-order valence-corrected chi connectivity index (χ1v) is 7.66. The van der Waals surface area contributed by atoms with Crippen molar-refractivity contribution in [1.82, 2.24) is 0 Å². The number of rotatable bonds is 2. The van der Waals surface area contributed by atoms with Crippen LogP contribution >= 0.6 is 43.2 Å². The van der Waals surface area contributed by atoms with Gasteiger partial charge in [0, 0.05) is 18.7 Å². The average molecular weight is 375 g/mol. The number of hydrogen-bond donors (Lipinski definition) is 1. The summed E-state index contributed by atoms with van der Waals surface area (Å²) in [6.45, 7) is 4.17. The minimum atomic E-state index is -0.0538. The Morgan fingerprint density at radius 1 is 1.12 bits per heavy atom. The SMILES string of the molecule is Cc1ccc(C(N)c2cc(Br)c(C)s2)cc1Br. The third-order valence-electron chi connectivity index (χ3n) is 2.74. The molecule has 2 rings (SSSR count). The van der Waals surface area contributed by atoms with E-state index in [4.69, 9.17) is 5.73 Å². The molecule has 0 saturated heterocycles. The third kappa shape index (κ3) is 2.81. The smallest absolute Gasteiger partial charge is 0.0646 e. The summed E-state index contributed by atoms with van der Waals surface area (Å²) in [7, 11) is 0. The molecule has 0 aliphatic carbocycles. The van der Waals surface area contributed by atoms with Crippen LogP contribution in [-0.4, -0.2) is 0 Å². The average Bonchev–Trinajstić information content (AvgIpc) is 2.62. The highest BCUT2D eigenvalue weighted by Gasteiger charge is 2.13. The number of halogens is 2. The summed E-state index contributed by atoms with van der Waals surface area (Å²) in [5, 5.41) is 0. The van der Waals surface area contributed by atoms with Gasteiger partial charge in [-0.2, -0.15) is 0 Å². The summed E-state index contributed by atoms with van der Waals surface area (Å²) in [5.74, 6) is 0. The molecule has 0 bridgehead atoms. The summed E-state index contributed by atoms with van der Waals surface area (Å²) in [5.41, 5.74) is 8.65. The van der Waals surface area contributed by atoms with Gasteiger partial charge < -0.3 is 5.73 Å². The van der Waals surface area contributed by atoms with E-state index in [1.807, 2.05) is 0 Å². The highest BCUT2D eigenvalue weighted by molar-refractivity contribution is 9.10. The van der Waals surface area contributed by atoms with Crippen LogP contribution in [0.3, 0.4) is 0 Å². The highest BCUT2D eigenvalue weighted by atomic mass is 79.9. The van der Waals surface area contributed by atoms with Gasteiger partial charge >= 0.3 is 0 Å². The zero-order chi connectivity index (χ0) is 12.6. The third-order valence-corrected chi connectivity index (χ3v) is 5.81. The maximum absolute atomic E-state index is 6.29. The second-order valence-electron chi connectivity index (χ2n) is 4.04. The number of benzene rings is 1. The first-order valence-electron chi connectivity index (χ1n) is 5.26. The largest absolute Gasteiger partial charge is 0.320 e. The minimum absolute atomic E-state index is 0.0538. The molecule has 2 aromatic rings. The topological polar surface area (TPSA) is 26.0 Å². The van der Waals surface area contributed by atoms with Gasteiger partial charge in [0.25, 0.3) is 0 Å². The quantitative estimate of drug-likeness (QED) is 0.791. The molecule has 1 aromatic heterocycles. The lowest BCUT2D eigenvalue weighted by atomic mass is 10.0. The first kappa shape index (κ1) is 13.3. The van der Waals surface area contributed by atoms with Gasteiger partial charge in [-0.25, -0.2) is 0 Å². The van der Waals surface area contributed by atoms with Crippen molar-refractivity contribution in [2.24, 2.45) is 5.73 Å². The van der Waals surface area contributed by atoms with Crippen molar-refractivity contribution >= 4 is 43.2 Å². The number of nitrogens with two attached hydrogens (primary N) is 1. The van der Waals surface area contributed by atoms with Gasteiger partial charge in [0.2, 0.25) is 0 Å². The van der Waals surface area contributed by atoms with E-state index in [2.05, 4.69) is 70.0 Å². The van der Waals surface area contributed by atoms with Gasteiger partial charge in [-0.1, -0.05) is 28.1 Å². The molecular formula is C13H13Br2NS. The lowest BCUT2D eigenvalue weighted by Gasteiger charge is -2.11. The Balaban J connectivity index is 2.36. The Morgan fingerprint density at radius 2 is 1.82 bits per heavy atom. The fourth-order valence-corrected chi connectivity index (χ4v) is 3.59. The van der Waals surface area contributed by atoms with Crippen molar-refractivity contribution in [2.75, 3.05) is 0 Å². The molecule has 1 unspecified atom stereocenters. The molecule has 1 atom stereocenters. The van der Waals surface area contributed by atoms with E-state index in [0.29, 0.717) is 0 Å². The van der Waals surface area contributed by atoms with Crippen LogP contribution in [0, 0.1) is 13.8 Å². The lowest BCUT2D eigenvalue weighted by molar-refractivity contribution is 0.891. The molecule has 0 aliphatic rings. The molecule has 4 heteroatoms. The Hall–Kier alpha value is -0.160. The standard InChI is InChI=1S/C13H13Br2NS/c1-7-3-4-9(5-10(7)14)13(16)12-6-11(15)8(2)17-12/h3-6,13H,16H2,1-2H3. The Kier molecular flexibility index (Phi) is 4.08. The molecule has 1 heterocycles. The van der Waals surface area contributed by atoms with E-state index in [1.54, 1.807) is 11.3 Å². The monoisotopic (exact) mass is 373 g/mol. The number of hydrogen-bond acceptors (Lipinski definition) is 2. The molecule has 0 fully saturated rings. The summed E-state index contributed by atoms with van der Waals surface area (Å²) in [6.07, 6.45) is 0. The van der Waals surface area contributed by atoms with Gasteiger partial charge in [0.15, 0.2) is 0 Å². The van der Waals surface area contributed by atoms with Crippen molar-refractivity contribution in [3.63, 3.8) is 0 Å². The summed E-state index contributed by atoms with van der Waals surface area (Å²) >= 11 is 8.81. The van der Waals surface area contributed by atoms with Crippen LogP contribution in [0.2, 0.25) is 0 Å². The molecule has 0 radical (unpaired) electrons. The van der Waals surface area contributed by atoms with Gasteiger partial charge in [-0.3, -0.25) is 0 Å². The van der Waals surface area contributed by atoms with Crippen molar-refractivity contribution in [1.29, 1.82) is 0 Å². The Morgan fingerprint density at radius 3 is 2.35 bits per heavy atom. The highest BCUT2D eigenvalue weighted by Crippen LogP contribution is 2.33. The molecule has 1 aromatic carbocycles. The number of aryl methyl sites for hydroxylation is 2. The van der Waals surface area contributed by atoms with Crippen LogP contribution in [0.1, 0.15) is 26.9 Å². The first-order chi connectivity index (χ1) is 7.99. The summed E-state index contributed by atoms with van der Waals surface area (Å²) in [6, 6.07) is 8.34. The van der Waals surface area contributed by atoms with Crippen LogP contribution in [0.25, 0.3) is 0 Å². The van der Waals surface area contributed by atoms with Crippen LogP contribution in [-0.2, 0) is 0 Å². The second-order valence-corrected chi connectivity index (χ2v) is 7.04. The second kappa shape index (κ2) is 5.22. The van der Waals surface area contributed by atoms with Gasteiger partial charge in [-0.15, -0.1) is 11.3 Å². The van der Waals surface area contributed by atoms with Gasteiger partial charge in [0.1, 0.15) is 0 Å². The molecule has 0 amide bonds. The van der Waals surface area contributed by atoms with Crippen molar-refractivity contribution < 1.29 is 0 Å².